The van der Waals surface area contributed by atoms with Crippen LogP contribution in [0.4, 0.5) is 0 Å². The highest BCUT2D eigenvalue weighted by molar-refractivity contribution is 5.36. The van der Waals surface area contributed by atoms with Gasteiger partial charge in [0.1, 0.15) is 0 Å². The second-order valence-electron chi connectivity index (χ2n) is 3.21. The van der Waals surface area contributed by atoms with Gasteiger partial charge in [-0.05, 0) is 25.9 Å². The Balaban J connectivity index is 4.02. The molecule has 82 valence electrons. The van der Waals surface area contributed by atoms with E-state index >= 15 is 0 Å². The topological polar surface area (TPSA) is 60.3 Å². The zero-order valence-corrected chi connectivity index (χ0v) is 9.43. The maximum Gasteiger partial charge on any atom is 0.0864 e. The fourth-order valence-corrected chi connectivity index (χ4v) is 1.41. The molecule has 0 aliphatic carbocycles. The van der Waals surface area contributed by atoms with E-state index in [0.717, 1.165) is 25.9 Å². The molecule has 0 saturated heterocycles. The standard InChI is InChI=1S/C10H22N4/c1-4-9(14-8-11)7-10(12-5-2)13-6-3/h9-13H,4-7H2,1-3H3. The lowest BCUT2D eigenvalue weighted by Gasteiger charge is -2.21. The molecule has 0 fully saturated rings. The molecule has 4 nitrogen and oxygen atoms in total. The summed E-state index contributed by atoms with van der Waals surface area (Å²) < 4.78 is 0. The summed E-state index contributed by atoms with van der Waals surface area (Å²) in [6, 6.07) is 2.33. The van der Waals surface area contributed by atoms with Crippen LogP contribution in [0.5, 0.6) is 0 Å². The van der Waals surface area contributed by atoms with Crippen LogP contribution in [0.3, 0.4) is 0 Å². The van der Waals surface area contributed by atoms with Gasteiger partial charge in [-0.2, -0.15) is 0 Å². The number of rotatable bonds is 8. The lowest BCUT2D eigenvalue weighted by atomic mass is 10.1. The SMILES string of the molecule is CCNC(CC(CC)N=C=N)NCC. The van der Waals surface area contributed by atoms with Crippen LogP contribution in [0.2, 0.25) is 0 Å². The molecule has 14 heavy (non-hydrogen) atoms. The predicted octanol–water partition coefficient (Wildman–Crippen LogP) is 1.45. The van der Waals surface area contributed by atoms with Gasteiger partial charge in [0.05, 0.1) is 18.2 Å². The van der Waals surface area contributed by atoms with Gasteiger partial charge in [-0.15, -0.1) is 0 Å². The number of aliphatic imine (C=N–C) groups is 1. The van der Waals surface area contributed by atoms with Gasteiger partial charge < -0.3 is 10.6 Å². The summed E-state index contributed by atoms with van der Waals surface area (Å²) in [5.41, 5.74) is 0. The summed E-state index contributed by atoms with van der Waals surface area (Å²) in [5, 5.41) is 13.5. The third-order valence-electron chi connectivity index (χ3n) is 2.13. The van der Waals surface area contributed by atoms with Crippen molar-refractivity contribution in [3.63, 3.8) is 0 Å². The zero-order valence-electron chi connectivity index (χ0n) is 9.43. The average molecular weight is 198 g/mol. The maximum atomic E-state index is 6.83. The third-order valence-corrected chi connectivity index (χ3v) is 2.13. The minimum Gasteiger partial charge on any atom is -0.302 e. The van der Waals surface area contributed by atoms with Crippen LogP contribution >= 0.6 is 0 Å². The normalized spacial score (nSPS) is 12.6. The van der Waals surface area contributed by atoms with Crippen molar-refractivity contribution in [2.45, 2.75) is 45.8 Å². The smallest absolute Gasteiger partial charge is 0.0864 e. The van der Waals surface area contributed by atoms with E-state index in [0.29, 0.717) is 6.17 Å². The van der Waals surface area contributed by atoms with E-state index in [4.69, 9.17) is 5.41 Å². The Hall–Kier alpha value is -0.700. The number of nitrogens with one attached hydrogen (secondary N) is 3. The zero-order chi connectivity index (χ0) is 10.8. The molecule has 0 aromatic rings. The van der Waals surface area contributed by atoms with E-state index in [1.54, 1.807) is 0 Å². The lowest BCUT2D eigenvalue weighted by molar-refractivity contribution is 0.383. The molecule has 0 saturated carbocycles. The van der Waals surface area contributed by atoms with Gasteiger partial charge in [0, 0.05) is 0 Å². The Bertz CT molecular complexity index is 169. The minimum absolute atomic E-state index is 0.204. The predicted molar refractivity (Wildman–Crippen MR) is 60.0 cm³/mol. The maximum absolute atomic E-state index is 6.83. The van der Waals surface area contributed by atoms with Crippen molar-refractivity contribution < 1.29 is 0 Å². The number of nitrogens with zero attached hydrogens (tertiary/aromatic N) is 1. The third kappa shape index (κ3) is 5.86. The Morgan fingerprint density at radius 3 is 2.14 bits per heavy atom. The van der Waals surface area contributed by atoms with E-state index in [2.05, 4.69) is 42.4 Å². The molecule has 0 radical (unpaired) electrons. The Labute approximate surface area is 86.7 Å². The number of hydrogen-bond donors (Lipinski definition) is 3. The van der Waals surface area contributed by atoms with Crippen LogP contribution in [0, 0.1) is 5.41 Å². The molecule has 0 aliphatic heterocycles. The van der Waals surface area contributed by atoms with Gasteiger partial charge >= 0.3 is 0 Å². The molecule has 0 aromatic carbocycles. The van der Waals surface area contributed by atoms with E-state index < -0.39 is 0 Å². The van der Waals surface area contributed by atoms with Crippen LogP contribution in [-0.2, 0) is 0 Å². The van der Waals surface area contributed by atoms with Gasteiger partial charge in [-0.3, -0.25) is 0 Å². The molecular weight excluding hydrogens is 176 g/mol. The number of hydrogen-bond acceptors (Lipinski definition) is 4. The summed E-state index contributed by atoms with van der Waals surface area (Å²) in [7, 11) is 0. The van der Waals surface area contributed by atoms with Gasteiger partial charge in [-0.1, -0.05) is 20.8 Å². The summed E-state index contributed by atoms with van der Waals surface area (Å²) in [5.74, 6) is 0. The molecule has 1 unspecified atom stereocenters. The Morgan fingerprint density at radius 1 is 1.21 bits per heavy atom. The summed E-state index contributed by atoms with van der Waals surface area (Å²) in [4.78, 5) is 3.98. The Morgan fingerprint density at radius 2 is 1.79 bits per heavy atom. The van der Waals surface area contributed by atoms with E-state index in [-0.39, 0.29) is 6.04 Å². The van der Waals surface area contributed by atoms with E-state index in [1.807, 2.05) is 0 Å². The van der Waals surface area contributed by atoms with E-state index in [1.165, 1.54) is 0 Å². The summed E-state index contributed by atoms with van der Waals surface area (Å²) in [6.07, 6.45) is 2.18. The highest BCUT2D eigenvalue weighted by Gasteiger charge is 2.11. The molecule has 3 N–H and O–H groups in total. The van der Waals surface area contributed by atoms with Crippen LogP contribution in [0.25, 0.3) is 0 Å². The van der Waals surface area contributed by atoms with Crippen LogP contribution in [0.15, 0.2) is 4.99 Å². The van der Waals surface area contributed by atoms with Gasteiger partial charge in [0.15, 0.2) is 0 Å². The molecular formula is C10H22N4. The molecule has 4 heteroatoms. The molecule has 0 rings (SSSR count). The minimum atomic E-state index is 0.204. The molecule has 0 bridgehead atoms. The summed E-state index contributed by atoms with van der Waals surface area (Å²) >= 11 is 0. The van der Waals surface area contributed by atoms with Crippen molar-refractivity contribution in [3.8, 4) is 0 Å². The quantitative estimate of drug-likeness (QED) is 0.408. The van der Waals surface area contributed by atoms with Crippen molar-refractivity contribution in [1.82, 2.24) is 10.6 Å². The van der Waals surface area contributed by atoms with E-state index in [9.17, 15) is 0 Å². The first-order valence-corrected chi connectivity index (χ1v) is 5.36. The molecule has 0 aromatic heterocycles. The first kappa shape index (κ1) is 13.3. The van der Waals surface area contributed by atoms with Crippen LogP contribution in [-0.4, -0.2) is 31.3 Å². The van der Waals surface area contributed by atoms with Gasteiger partial charge in [0.25, 0.3) is 0 Å². The largest absolute Gasteiger partial charge is 0.302 e. The first-order chi connectivity index (χ1) is 6.78. The Kier molecular flexibility index (Phi) is 8.43. The monoisotopic (exact) mass is 198 g/mol. The fourth-order valence-electron chi connectivity index (χ4n) is 1.41. The average Bonchev–Trinajstić information content (AvgIpc) is 2.18. The molecule has 0 heterocycles. The van der Waals surface area contributed by atoms with Crippen molar-refractivity contribution in [1.29, 1.82) is 5.41 Å². The fraction of sp³-hybridized carbons (Fsp3) is 0.900. The second kappa shape index (κ2) is 8.88. The van der Waals surface area contributed by atoms with Gasteiger partial charge in [-0.25, -0.2) is 10.4 Å². The van der Waals surface area contributed by atoms with Crippen molar-refractivity contribution in [2.75, 3.05) is 13.1 Å². The van der Waals surface area contributed by atoms with Crippen molar-refractivity contribution in [2.24, 2.45) is 4.99 Å². The summed E-state index contributed by atoms with van der Waals surface area (Å²) in [6.45, 7) is 8.15. The highest BCUT2D eigenvalue weighted by atomic mass is 15.1. The highest BCUT2D eigenvalue weighted by Crippen LogP contribution is 2.04. The lowest BCUT2D eigenvalue weighted by Crippen LogP contribution is -2.44. The molecule has 0 aliphatic rings. The van der Waals surface area contributed by atoms with Crippen LogP contribution in [0.1, 0.15) is 33.6 Å². The first-order valence-electron chi connectivity index (χ1n) is 5.36. The van der Waals surface area contributed by atoms with Gasteiger partial charge in [0.2, 0.25) is 0 Å². The molecule has 0 amide bonds. The molecule has 0 spiro atoms. The van der Waals surface area contributed by atoms with Crippen LogP contribution < -0.4 is 10.6 Å². The molecule has 1 atom stereocenters. The van der Waals surface area contributed by atoms with Crippen molar-refractivity contribution >= 4 is 6.01 Å². The van der Waals surface area contributed by atoms with Crippen molar-refractivity contribution in [3.05, 3.63) is 0 Å². The second-order valence-corrected chi connectivity index (χ2v) is 3.21.